The first kappa shape index (κ1) is 83.0. The van der Waals surface area contributed by atoms with Crippen molar-refractivity contribution < 1.29 is 37.6 Å². The molecule has 9 fully saturated rings. The summed E-state index contributed by atoms with van der Waals surface area (Å²) in [4.78, 5) is 99.5. The van der Waals surface area contributed by atoms with E-state index in [0.29, 0.717) is 17.7 Å². The SMILES string of the molecule is [C-]#[N+]C1=C[C@]2(C)C3=CC(=O)[C@@H]4[C@@H]5CC(C)(C)CC[C@]5(Cc5nnc(C)o5)CC[C@@]4(C)[C@]3(C)CC[C@H]2C(C)(C)C1=O.[C-]#[N+]C1=C[C@]2(C)C3=CC(=O)[C@@H]4[C@@H]5CC(C)(C)CC[C@]5(c5n[nH]c(C)n5)CC[C@@]4(C)[C@]3(C)CC[C@H]2C(C)(C)C1=O.[C-]#[N+]C1=C[C@]2(C)C3=CC(=O)[C@@H]4[C@@H]5CC(C)(C)CC[C@]5(c5nnco5)CC[C@@]4(C)[C@]3(C)CC[C@H]2C(C)(C)C1=O. The lowest BCUT2D eigenvalue weighted by atomic mass is 9.34. The van der Waals surface area contributed by atoms with Crippen molar-refractivity contribution in [3.8, 4) is 0 Å². The lowest BCUT2D eigenvalue weighted by Crippen LogP contribution is -2.65. The number of carbonyl (C=O) groups excluding carboxylic acids is 6. The van der Waals surface area contributed by atoms with Gasteiger partial charge in [0.05, 0.1) is 25.1 Å². The number of hydrogen-bond donors (Lipinski definition) is 1. The number of hydrogen-bond acceptors (Lipinski definition) is 14. The Kier molecular flexibility index (Phi) is 18.4. The Hall–Kier alpha value is -7.65. The third kappa shape index (κ3) is 11.2. The van der Waals surface area contributed by atoms with E-state index in [-0.39, 0.29) is 170 Å². The second-order valence-electron chi connectivity index (χ2n) is 46.7. The van der Waals surface area contributed by atoms with Crippen LogP contribution in [0.5, 0.6) is 0 Å². The maximum Gasteiger partial charge on any atom is 0.226 e. The number of nitrogens with one attached hydrogen (secondary N) is 1. The van der Waals surface area contributed by atoms with Gasteiger partial charge in [0.15, 0.2) is 40.5 Å². The molecular weight excluding hydrogens is 1460 g/mol. The molecule has 0 aliphatic heterocycles. The number of fused-ring (bicyclic) bond motifs is 21. The zero-order chi connectivity index (χ0) is 85.0. The molecule has 18 nitrogen and oxygen atoms in total. The molecule has 18 heteroatoms. The van der Waals surface area contributed by atoms with Gasteiger partial charge in [-0.25, -0.2) is 19.5 Å². The van der Waals surface area contributed by atoms with E-state index in [1.54, 1.807) is 0 Å². The summed E-state index contributed by atoms with van der Waals surface area (Å²) >= 11 is 0. The summed E-state index contributed by atoms with van der Waals surface area (Å²) in [7, 11) is 0. The van der Waals surface area contributed by atoms with Crippen LogP contribution < -0.4 is 0 Å². The number of rotatable bonds is 4. The maximum absolute atomic E-state index is 14.6. The molecule has 117 heavy (non-hydrogen) atoms. The highest BCUT2D eigenvalue weighted by Gasteiger charge is 2.75. The van der Waals surface area contributed by atoms with Crippen LogP contribution in [0, 0.1) is 173 Å². The highest BCUT2D eigenvalue weighted by atomic mass is 16.4. The van der Waals surface area contributed by atoms with E-state index < -0.39 is 32.5 Å². The molecule has 0 saturated heterocycles. The lowest BCUT2D eigenvalue weighted by Gasteiger charge is -2.69. The molecule has 18 rings (SSSR count). The molecular formula is C99H130N10O8. The number of nitrogens with zero attached hydrogens (tertiary/aromatic N) is 9. The Balaban J connectivity index is 0.000000131. The summed E-state index contributed by atoms with van der Waals surface area (Å²) in [5, 5.41) is 24.8. The van der Waals surface area contributed by atoms with Crippen molar-refractivity contribution in [3.63, 3.8) is 0 Å². The normalized spacial score (nSPS) is 44.1. The number of allylic oxidation sites excluding steroid dienone is 12. The first-order chi connectivity index (χ1) is 54.2. The summed E-state index contributed by atoms with van der Waals surface area (Å²) in [5.41, 5.74) is -0.449. The molecule has 0 unspecified atom stereocenters. The Morgan fingerprint density at radius 3 is 1.17 bits per heavy atom. The van der Waals surface area contributed by atoms with Gasteiger partial charge in [-0.1, -0.05) is 180 Å². The predicted molar refractivity (Wildman–Crippen MR) is 446 cm³/mol. The molecule has 3 heterocycles. The third-order valence-corrected chi connectivity index (χ3v) is 38.6. The highest BCUT2D eigenvalue weighted by molar-refractivity contribution is 6.05. The first-order valence-electron chi connectivity index (χ1n) is 44.5. The lowest BCUT2D eigenvalue weighted by molar-refractivity contribution is -0.172. The number of Topliss-reactive ketones (excluding diaryl/α,β-unsaturated/α-hetero) is 3. The minimum Gasteiger partial charge on any atom is -0.427 e. The topological polar surface area (TPSA) is 235 Å². The van der Waals surface area contributed by atoms with E-state index >= 15 is 0 Å². The van der Waals surface area contributed by atoms with Gasteiger partial charge in [0.25, 0.3) is 0 Å². The fraction of sp³-hybridized carbons (Fsp3) is 0.727. The molecule has 3 aromatic rings. The minimum absolute atomic E-state index is 0.0203. The molecule has 624 valence electrons. The Bertz CT molecular complexity index is 5120. The fourth-order valence-corrected chi connectivity index (χ4v) is 31.6. The van der Waals surface area contributed by atoms with Gasteiger partial charge in [0, 0.05) is 69.0 Å². The van der Waals surface area contributed by atoms with E-state index in [1.165, 1.54) is 6.39 Å². The van der Waals surface area contributed by atoms with Crippen LogP contribution in [0.25, 0.3) is 14.5 Å². The molecule has 0 amide bonds. The summed E-state index contributed by atoms with van der Waals surface area (Å²) < 4.78 is 11.8. The van der Waals surface area contributed by atoms with Crippen molar-refractivity contribution in [2.75, 3.05) is 0 Å². The van der Waals surface area contributed by atoms with Crippen LogP contribution in [0.3, 0.4) is 0 Å². The average molecular weight is 1590 g/mol. The highest BCUT2D eigenvalue weighted by Crippen LogP contribution is 2.80. The Morgan fingerprint density at radius 1 is 0.436 bits per heavy atom. The van der Waals surface area contributed by atoms with Gasteiger partial charge >= 0.3 is 0 Å². The van der Waals surface area contributed by atoms with Crippen molar-refractivity contribution >= 4 is 34.7 Å². The van der Waals surface area contributed by atoms with Crippen LogP contribution >= 0.6 is 0 Å². The second kappa shape index (κ2) is 26.0. The zero-order valence-electron chi connectivity index (χ0n) is 74.6. The molecule has 9 saturated carbocycles. The van der Waals surface area contributed by atoms with Crippen LogP contribution in [-0.2, 0) is 46.0 Å². The van der Waals surface area contributed by atoms with E-state index in [0.717, 1.165) is 170 Å². The molecule has 15 aliphatic rings. The smallest absolute Gasteiger partial charge is 0.226 e. The molecule has 1 N–H and O–H groups in total. The van der Waals surface area contributed by atoms with Gasteiger partial charge in [-0.2, -0.15) is 5.10 Å². The number of aromatic amines is 1. The van der Waals surface area contributed by atoms with Crippen molar-refractivity contribution in [3.05, 3.63) is 140 Å². The number of ketones is 6. The van der Waals surface area contributed by atoms with E-state index in [1.807, 2.05) is 91.8 Å². The van der Waals surface area contributed by atoms with Crippen LogP contribution in [-0.4, -0.2) is 70.3 Å². The monoisotopic (exact) mass is 1590 g/mol. The Labute approximate surface area is 695 Å². The summed E-state index contributed by atoms with van der Waals surface area (Å²) in [6.45, 7) is 74.2. The van der Waals surface area contributed by atoms with Crippen LogP contribution in [0.4, 0.5) is 0 Å². The van der Waals surface area contributed by atoms with Crippen LogP contribution in [0.1, 0.15) is 310 Å². The van der Waals surface area contributed by atoms with Crippen LogP contribution in [0.2, 0.25) is 0 Å². The van der Waals surface area contributed by atoms with Gasteiger partial charge in [0.1, 0.15) is 5.82 Å². The van der Waals surface area contributed by atoms with Crippen molar-refractivity contribution in [1.82, 2.24) is 35.6 Å². The number of aryl methyl sites for hydroxylation is 2. The standard InChI is InChI=1S/C34H45N3O3.C33H44N4O2.C32H41N3O3/c1-20-36-37-26(40-20)19-34-14-12-29(2,3)17-21(34)27-23(38)16-25-31(6)18-22(35-9)28(39)30(4,5)24(31)10-11-32(25,7)33(27,8)13-15-34;1-19-35-27(37-36-19)33-14-12-28(2,3)17-20(33)25-22(38)16-24-30(6)18-21(34-9)26(39)29(4,5)23(30)10-11-31(24,7)32(25,8)13-15-33;1-27(2)11-13-32(26-35-34-18-38-26)14-12-31(7)24(19(32)16-27)21(36)15-23-29(5)17-20(33-8)25(37)28(3,4)22(29)9-10-30(23,31)6/h16,18,21,24,27H,10-15,17,19H2,1-8H3;16,18,20,23,25H,10-15,17H2,1-8H3,(H,35,36,37);15,17-19,22,24H,9-14,16H2,1-7H3/t21-,24-,27-,31-,32+,33+,34+;20-,23-,25-,30-,31+,32+,33-;19-,22-,24-,29-,30+,31+,32-/m000/s1. The average Bonchev–Trinajstić information content (AvgIpc) is 1.04. The molecule has 0 bridgehead atoms. The van der Waals surface area contributed by atoms with Gasteiger partial charge in [-0.15, -0.1) is 20.4 Å². The number of H-pyrrole nitrogens is 1. The molecule has 0 radical (unpaired) electrons. The van der Waals surface area contributed by atoms with E-state index in [4.69, 9.17) is 38.6 Å². The molecule has 21 atom stereocenters. The van der Waals surface area contributed by atoms with Crippen LogP contribution in [0.15, 0.2) is 85.5 Å². The largest absolute Gasteiger partial charge is 0.427 e. The third-order valence-electron chi connectivity index (χ3n) is 38.6. The minimum atomic E-state index is -0.639. The molecule has 0 spiro atoms. The first-order valence-corrected chi connectivity index (χ1v) is 44.5. The summed E-state index contributed by atoms with van der Waals surface area (Å²) in [5.74, 6) is 4.76. The summed E-state index contributed by atoms with van der Waals surface area (Å²) in [6, 6.07) is 0. The number of carbonyl (C=O) groups is 6. The maximum atomic E-state index is 14.6. The van der Waals surface area contributed by atoms with E-state index in [9.17, 15) is 28.8 Å². The van der Waals surface area contributed by atoms with Gasteiger partial charge in [0.2, 0.25) is 41.2 Å². The fourth-order valence-electron chi connectivity index (χ4n) is 31.6. The molecule has 3 aromatic heterocycles. The zero-order valence-corrected chi connectivity index (χ0v) is 74.6. The second-order valence-corrected chi connectivity index (χ2v) is 46.7. The quantitative estimate of drug-likeness (QED) is 0.239. The van der Waals surface area contributed by atoms with Gasteiger partial charge in [-0.05, 0) is 250 Å². The Morgan fingerprint density at radius 2 is 0.795 bits per heavy atom. The molecule has 15 aliphatic carbocycles. The molecule has 0 aromatic carbocycles. The van der Waals surface area contributed by atoms with Crippen molar-refractivity contribution in [2.24, 2.45) is 140 Å². The predicted octanol–water partition coefficient (Wildman–Crippen LogP) is 21.3. The van der Waals surface area contributed by atoms with E-state index in [2.05, 4.69) is 144 Å². The number of aromatic nitrogens is 7. The van der Waals surface area contributed by atoms with Gasteiger partial charge < -0.3 is 23.2 Å². The summed E-state index contributed by atoms with van der Waals surface area (Å²) in [6.07, 6.45) is 34.7. The van der Waals surface area contributed by atoms with Crippen molar-refractivity contribution in [2.45, 2.75) is 311 Å². The van der Waals surface area contributed by atoms with Crippen molar-refractivity contribution in [1.29, 1.82) is 0 Å². The van der Waals surface area contributed by atoms with Gasteiger partial charge in [-0.3, -0.25) is 19.5 Å².